The van der Waals surface area contributed by atoms with Crippen molar-refractivity contribution in [3.8, 4) is 0 Å². The molecular formula is C8H17NY-2. The van der Waals surface area contributed by atoms with E-state index in [0.29, 0.717) is 0 Å². The van der Waals surface area contributed by atoms with Gasteiger partial charge in [0.2, 0.25) is 0 Å². The first kappa shape index (κ1) is 13.6. The zero-order chi connectivity index (χ0) is 7.11. The van der Waals surface area contributed by atoms with Gasteiger partial charge < -0.3 is 11.7 Å². The van der Waals surface area contributed by atoms with E-state index >= 15 is 0 Å². The third-order valence-electron chi connectivity index (χ3n) is 1.16. The molecule has 1 radical (unpaired) electrons. The van der Waals surface area contributed by atoms with E-state index in [-0.39, 0.29) is 32.7 Å². The van der Waals surface area contributed by atoms with Crippen LogP contribution in [0.5, 0.6) is 0 Å². The largest absolute Gasteiger partial charge is 0.664 e. The number of rotatable bonds is 3. The van der Waals surface area contributed by atoms with Crippen molar-refractivity contribution in [2.24, 2.45) is 5.92 Å². The molecule has 1 aliphatic carbocycles. The van der Waals surface area contributed by atoms with Crippen LogP contribution >= 0.6 is 0 Å². The molecule has 0 heterocycles. The molecule has 0 bridgehead atoms. The Bertz CT molecular complexity index is 53.2. The molecule has 0 saturated heterocycles. The predicted octanol–water partition coefficient (Wildman–Crippen LogP) is 2.63. The molecule has 0 aromatic heterocycles. The topological polar surface area (TPSA) is 14.1 Å². The molecule has 0 aromatic rings. The molecule has 1 rings (SSSR count). The normalized spacial score (nSPS) is 20.1. The van der Waals surface area contributed by atoms with Crippen LogP contribution in [0.3, 0.4) is 0 Å². The molecule has 2 heteroatoms. The summed E-state index contributed by atoms with van der Waals surface area (Å²) < 4.78 is 0. The Morgan fingerprint density at radius 3 is 2.30 bits per heavy atom. The molecular weight excluding hydrogens is 199 g/mol. The monoisotopic (exact) mass is 216 g/mol. The molecule has 59 valence electrons. The Kier molecular flexibility index (Phi) is 13.7. The summed E-state index contributed by atoms with van der Waals surface area (Å²) in [7, 11) is 0. The van der Waals surface area contributed by atoms with Crippen LogP contribution in [-0.2, 0) is 32.7 Å². The van der Waals surface area contributed by atoms with E-state index in [1.165, 1.54) is 6.42 Å². The minimum atomic E-state index is 0. The summed E-state index contributed by atoms with van der Waals surface area (Å²) in [6, 6.07) is 0. The second-order valence-electron chi connectivity index (χ2n) is 1.95. The molecule has 1 aliphatic rings. The smallest absolute Gasteiger partial charge is 0 e. The molecule has 1 atom stereocenters. The predicted molar refractivity (Wildman–Crippen MR) is 42.5 cm³/mol. The van der Waals surface area contributed by atoms with Crippen molar-refractivity contribution < 1.29 is 32.7 Å². The van der Waals surface area contributed by atoms with Crippen molar-refractivity contribution in [2.45, 2.75) is 27.2 Å². The van der Waals surface area contributed by atoms with Gasteiger partial charge in [0, 0.05) is 32.7 Å². The van der Waals surface area contributed by atoms with Gasteiger partial charge in [0.25, 0.3) is 0 Å². The zero-order valence-corrected chi connectivity index (χ0v) is 10.1. The van der Waals surface area contributed by atoms with Crippen LogP contribution in [-0.4, -0.2) is 13.1 Å². The van der Waals surface area contributed by atoms with E-state index < -0.39 is 0 Å². The zero-order valence-electron chi connectivity index (χ0n) is 7.30. The van der Waals surface area contributed by atoms with Gasteiger partial charge in [-0.25, -0.2) is 12.3 Å². The van der Waals surface area contributed by atoms with Crippen LogP contribution in [0.15, 0.2) is 0 Å². The Morgan fingerprint density at radius 1 is 1.50 bits per heavy atom. The quantitative estimate of drug-likeness (QED) is 0.644. The molecule has 1 saturated carbocycles. The first-order valence-corrected chi connectivity index (χ1v) is 3.90. The summed E-state index contributed by atoms with van der Waals surface area (Å²) in [4.78, 5) is 0. The number of hydrogen-bond donors (Lipinski definition) is 0. The molecule has 0 spiro atoms. The maximum atomic E-state index is 4.20. The van der Waals surface area contributed by atoms with Gasteiger partial charge in [-0.1, -0.05) is 20.8 Å². The molecule has 10 heavy (non-hydrogen) atoms. The summed E-state index contributed by atoms with van der Waals surface area (Å²) in [5.74, 6) is 0.861. The Balaban J connectivity index is 0. The number of nitrogens with zero attached hydrogens (tertiary/aromatic N) is 1. The van der Waals surface area contributed by atoms with Gasteiger partial charge in [-0.15, -0.1) is 0 Å². The van der Waals surface area contributed by atoms with Crippen molar-refractivity contribution in [1.29, 1.82) is 0 Å². The number of hydrogen-bond acceptors (Lipinski definition) is 0. The average Bonchev–Trinajstić information content (AvgIpc) is 2.71. The molecule has 0 N–H and O–H groups in total. The summed E-state index contributed by atoms with van der Waals surface area (Å²) in [6.45, 7) is 8.16. The third-order valence-corrected chi connectivity index (χ3v) is 1.16. The van der Waals surface area contributed by atoms with Crippen LogP contribution in [0.2, 0.25) is 0 Å². The van der Waals surface area contributed by atoms with Gasteiger partial charge in [0.05, 0.1) is 0 Å². The van der Waals surface area contributed by atoms with Gasteiger partial charge in [-0.05, 0) is 0 Å². The fourth-order valence-electron chi connectivity index (χ4n) is 0.540. The summed E-state index contributed by atoms with van der Waals surface area (Å²) in [5.41, 5.74) is 0. The first-order valence-electron chi connectivity index (χ1n) is 3.90. The van der Waals surface area contributed by atoms with Crippen molar-refractivity contribution in [1.82, 2.24) is 0 Å². The Labute approximate surface area is 90.2 Å². The van der Waals surface area contributed by atoms with Gasteiger partial charge in [-0.3, -0.25) is 0 Å². The van der Waals surface area contributed by atoms with Crippen LogP contribution in [0.25, 0.3) is 5.32 Å². The molecule has 0 amide bonds. The van der Waals surface area contributed by atoms with Crippen LogP contribution < -0.4 is 0 Å². The van der Waals surface area contributed by atoms with E-state index in [1.807, 2.05) is 13.8 Å². The average molecular weight is 216 g/mol. The van der Waals surface area contributed by atoms with E-state index in [2.05, 4.69) is 18.7 Å². The van der Waals surface area contributed by atoms with Crippen LogP contribution in [0.1, 0.15) is 27.2 Å². The SMILES string of the molecule is CC.CC[N-]CC1[CH-]C1.[Y]. The van der Waals surface area contributed by atoms with Crippen molar-refractivity contribution in [2.75, 3.05) is 13.1 Å². The minimum Gasteiger partial charge on any atom is -0.664 e. The maximum Gasteiger partial charge on any atom is 0 e. The molecule has 1 unspecified atom stereocenters. The Morgan fingerprint density at radius 2 is 2.00 bits per heavy atom. The van der Waals surface area contributed by atoms with E-state index in [1.54, 1.807) is 0 Å². The van der Waals surface area contributed by atoms with Gasteiger partial charge >= 0.3 is 0 Å². The van der Waals surface area contributed by atoms with Gasteiger partial charge in [0.1, 0.15) is 0 Å². The van der Waals surface area contributed by atoms with Crippen molar-refractivity contribution >= 4 is 0 Å². The Hall–Kier alpha value is 1.06. The van der Waals surface area contributed by atoms with Gasteiger partial charge in [-0.2, -0.15) is 13.1 Å². The second kappa shape index (κ2) is 10.1. The molecule has 1 nitrogen and oxygen atoms in total. The van der Waals surface area contributed by atoms with Crippen molar-refractivity contribution in [3.05, 3.63) is 11.7 Å². The van der Waals surface area contributed by atoms with E-state index in [4.69, 9.17) is 0 Å². The minimum absolute atomic E-state index is 0. The van der Waals surface area contributed by atoms with E-state index in [0.717, 1.165) is 19.0 Å². The third kappa shape index (κ3) is 9.06. The summed E-state index contributed by atoms with van der Waals surface area (Å²) in [6.07, 6.45) is 3.61. The summed E-state index contributed by atoms with van der Waals surface area (Å²) >= 11 is 0. The van der Waals surface area contributed by atoms with Gasteiger partial charge in [0.15, 0.2) is 0 Å². The van der Waals surface area contributed by atoms with Crippen LogP contribution in [0, 0.1) is 12.3 Å². The van der Waals surface area contributed by atoms with Crippen LogP contribution in [0.4, 0.5) is 0 Å². The molecule has 1 fully saturated rings. The standard InChI is InChI=1S/C6H11N.C2H6.Y/c1-2-7-5-6-3-4-6;1-2;/h3,6H,2,4-5H2,1H3;1-2H3;/q-2;;. The van der Waals surface area contributed by atoms with Crippen molar-refractivity contribution in [3.63, 3.8) is 0 Å². The molecule has 0 aliphatic heterocycles. The maximum absolute atomic E-state index is 4.20. The fourth-order valence-corrected chi connectivity index (χ4v) is 0.540. The first-order chi connectivity index (χ1) is 4.43. The fraction of sp³-hybridized carbons (Fsp3) is 0.875. The van der Waals surface area contributed by atoms with E-state index in [9.17, 15) is 0 Å². The second-order valence-corrected chi connectivity index (χ2v) is 1.95. The molecule has 0 aromatic carbocycles. The summed E-state index contributed by atoms with van der Waals surface area (Å²) in [5, 5.41) is 4.20.